The van der Waals surface area contributed by atoms with E-state index in [1.54, 1.807) is 30.2 Å². The van der Waals surface area contributed by atoms with E-state index < -0.39 is 0 Å². The van der Waals surface area contributed by atoms with Crippen LogP contribution in [0.1, 0.15) is 35.2 Å². The number of amides is 2. The number of aryl methyl sites for hydroxylation is 1. The zero-order chi connectivity index (χ0) is 17.8. The van der Waals surface area contributed by atoms with Gasteiger partial charge in [0.05, 0.1) is 12.8 Å². The number of hydrogen-bond acceptors (Lipinski definition) is 3. The summed E-state index contributed by atoms with van der Waals surface area (Å²) in [5.74, 6) is 0.529. The second kappa shape index (κ2) is 7.38. The number of nitrogens with one attached hydrogen (secondary N) is 1. The number of carbonyl (C=O) groups excluding carboxylic acids is 2. The molecule has 1 aliphatic rings. The van der Waals surface area contributed by atoms with E-state index in [9.17, 15) is 9.59 Å². The number of ether oxygens (including phenoxy) is 1. The molecule has 1 N–H and O–H groups in total. The van der Waals surface area contributed by atoms with Gasteiger partial charge in [-0.1, -0.05) is 18.2 Å². The molecule has 25 heavy (non-hydrogen) atoms. The standard InChI is InChI=1S/C20H22N2O3/c1-14-7-3-4-8-16(14)20(24)21-15-10-11-17(18(13-15)25-2)22-12-6-5-9-19(22)23/h3-4,7-8,10-11,13H,5-6,9,12H2,1-2H3,(H,21,24). The summed E-state index contributed by atoms with van der Waals surface area (Å²) >= 11 is 0. The van der Waals surface area contributed by atoms with Gasteiger partial charge >= 0.3 is 0 Å². The quantitative estimate of drug-likeness (QED) is 0.923. The first-order valence-corrected chi connectivity index (χ1v) is 8.45. The van der Waals surface area contributed by atoms with E-state index in [1.807, 2.05) is 31.2 Å². The summed E-state index contributed by atoms with van der Waals surface area (Å²) in [6.07, 6.45) is 2.48. The third-order valence-electron chi connectivity index (χ3n) is 4.44. The number of carbonyl (C=O) groups is 2. The van der Waals surface area contributed by atoms with Gasteiger partial charge in [0, 0.05) is 30.3 Å². The molecule has 0 atom stereocenters. The van der Waals surface area contributed by atoms with E-state index in [1.165, 1.54) is 0 Å². The molecule has 2 aromatic carbocycles. The maximum atomic E-state index is 12.5. The normalized spacial score (nSPS) is 14.3. The molecular formula is C20H22N2O3. The average molecular weight is 338 g/mol. The van der Waals surface area contributed by atoms with Gasteiger partial charge in [0.1, 0.15) is 5.75 Å². The van der Waals surface area contributed by atoms with Crippen molar-refractivity contribution in [2.75, 3.05) is 23.9 Å². The minimum Gasteiger partial charge on any atom is -0.494 e. The molecule has 1 saturated heterocycles. The third-order valence-corrected chi connectivity index (χ3v) is 4.44. The Bertz CT molecular complexity index is 801. The second-order valence-electron chi connectivity index (χ2n) is 6.16. The zero-order valence-corrected chi connectivity index (χ0v) is 14.5. The van der Waals surface area contributed by atoms with Crippen molar-refractivity contribution in [1.29, 1.82) is 0 Å². The Labute approximate surface area is 147 Å². The molecule has 1 fully saturated rings. The van der Waals surface area contributed by atoms with Crippen LogP contribution in [0.3, 0.4) is 0 Å². The van der Waals surface area contributed by atoms with E-state index in [4.69, 9.17) is 4.74 Å². The number of rotatable bonds is 4. The van der Waals surface area contributed by atoms with E-state index in [-0.39, 0.29) is 11.8 Å². The number of hydrogen-bond donors (Lipinski definition) is 1. The van der Waals surface area contributed by atoms with Crippen LogP contribution in [0.15, 0.2) is 42.5 Å². The van der Waals surface area contributed by atoms with Crippen LogP contribution < -0.4 is 15.0 Å². The summed E-state index contributed by atoms with van der Waals surface area (Å²) in [7, 11) is 1.57. The summed E-state index contributed by atoms with van der Waals surface area (Å²) in [5, 5.41) is 2.89. The van der Waals surface area contributed by atoms with Gasteiger partial charge in [-0.3, -0.25) is 9.59 Å². The highest BCUT2D eigenvalue weighted by molar-refractivity contribution is 6.05. The van der Waals surface area contributed by atoms with Gasteiger partial charge in [-0.05, 0) is 43.5 Å². The molecule has 1 aliphatic heterocycles. The predicted molar refractivity (Wildman–Crippen MR) is 98.3 cm³/mol. The Hall–Kier alpha value is -2.82. The summed E-state index contributed by atoms with van der Waals surface area (Å²) in [4.78, 5) is 26.4. The molecule has 2 amide bonds. The Balaban J connectivity index is 1.83. The lowest BCUT2D eigenvalue weighted by molar-refractivity contribution is -0.119. The highest BCUT2D eigenvalue weighted by Crippen LogP contribution is 2.33. The summed E-state index contributed by atoms with van der Waals surface area (Å²) in [6, 6.07) is 12.8. The van der Waals surface area contributed by atoms with Crippen molar-refractivity contribution in [2.45, 2.75) is 26.2 Å². The van der Waals surface area contributed by atoms with E-state index in [0.717, 1.165) is 24.1 Å². The fourth-order valence-corrected chi connectivity index (χ4v) is 3.07. The Morgan fingerprint density at radius 2 is 1.96 bits per heavy atom. The number of piperidine rings is 1. The van der Waals surface area contributed by atoms with Crippen molar-refractivity contribution >= 4 is 23.2 Å². The fourth-order valence-electron chi connectivity index (χ4n) is 3.07. The van der Waals surface area contributed by atoms with Gasteiger partial charge in [-0.25, -0.2) is 0 Å². The van der Waals surface area contributed by atoms with E-state index in [0.29, 0.717) is 30.0 Å². The first kappa shape index (κ1) is 17.0. The fraction of sp³-hybridized carbons (Fsp3) is 0.300. The lowest BCUT2D eigenvalue weighted by Gasteiger charge is -2.28. The lowest BCUT2D eigenvalue weighted by Crippen LogP contribution is -2.35. The average Bonchev–Trinajstić information content (AvgIpc) is 2.62. The molecule has 1 heterocycles. The molecule has 0 aliphatic carbocycles. The van der Waals surface area contributed by atoms with E-state index >= 15 is 0 Å². The zero-order valence-electron chi connectivity index (χ0n) is 14.5. The predicted octanol–water partition coefficient (Wildman–Crippen LogP) is 3.77. The molecule has 5 heteroatoms. The van der Waals surface area contributed by atoms with Crippen LogP contribution in [0, 0.1) is 6.92 Å². The van der Waals surface area contributed by atoms with Gasteiger partial charge in [0.2, 0.25) is 5.91 Å². The minimum absolute atomic E-state index is 0.112. The van der Waals surface area contributed by atoms with Crippen LogP contribution in [0.25, 0.3) is 0 Å². The van der Waals surface area contributed by atoms with Crippen molar-refractivity contribution in [1.82, 2.24) is 0 Å². The second-order valence-corrected chi connectivity index (χ2v) is 6.16. The molecule has 0 saturated carbocycles. The van der Waals surface area contributed by atoms with Gasteiger partial charge in [0.25, 0.3) is 5.91 Å². The molecule has 2 aromatic rings. The Kier molecular flexibility index (Phi) is 5.03. The SMILES string of the molecule is COc1cc(NC(=O)c2ccccc2C)ccc1N1CCCCC1=O. The van der Waals surface area contributed by atoms with Crippen molar-refractivity contribution < 1.29 is 14.3 Å². The molecule has 0 spiro atoms. The third kappa shape index (κ3) is 3.65. The van der Waals surface area contributed by atoms with Crippen LogP contribution in [0.2, 0.25) is 0 Å². The molecule has 0 bridgehead atoms. The highest BCUT2D eigenvalue weighted by atomic mass is 16.5. The lowest BCUT2D eigenvalue weighted by atomic mass is 10.1. The van der Waals surface area contributed by atoms with Crippen molar-refractivity contribution in [2.24, 2.45) is 0 Å². The first-order chi connectivity index (χ1) is 12.1. The number of anilines is 2. The monoisotopic (exact) mass is 338 g/mol. The van der Waals surface area contributed by atoms with E-state index in [2.05, 4.69) is 5.32 Å². The molecule has 3 rings (SSSR count). The topological polar surface area (TPSA) is 58.6 Å². The maximum Gasteiger partial charge on any atom is 0.255 e. The summed E-state index contributed by atoms with van der Waals surface area (Å²) in [5.41, 5.74) is 2.94. The van der Waals surface area contributed by atoms with Crippen LogP contribution in [0.4, 0.5) is 11.4 Å². The smallest absolute Gasteiger partial charge is 0.255 e. The first-order valence-electron chi connectivity index (χ1n) is 8.45. The van der Waals surface area contributed by atoms with Crippen LogP contribution in [0.5, 0.6) is 5.75 Å². The molecule has 0 aromatic heterocycles. The van der Waals surface area contributed by atoms with Crippen LogP contribution in [-0.4, -0.2) is 25.5 Å². The van der Waals surface area contributed by atoms with Crippen LogP contribution in [-0.2, 0) is 4.79 Å². The largest absolute Gasteiger partial charge is 0.494 e. The van der Waals surface area contributed by atoms with Gasteiger partial charge in [-0.2, -0.15) is 0 Å². The van der Waals surface area contributed by atoms with Gasteiger partial charge in [-0.15, -0.1) is 0 Å². The maximum absolute atomic E-state index is 12.5. The molecule has 0 radical (unpaired) electrons. The van der Waals surface area contributed by atoms with Crippen LogP contribution >= 0.6 is 0 Å². The van der Waals surface area contributed by atoms with Gasteiger partial charge < -0.3 is 15.0 Å². The molecular weight excluding hydrogens is 316 g/mol. The minimum atomic E-state index is -0.165. The number of benzene rings is 2. The summed E-state index contributed by atoms with van der Waals surface area (Å²) < 4.78 is 5.45. The molecule has 130 valence electrons. The molecule has 5 nitrogen and oxygen atoms in total. The number of nitrogens with zero attached hydrogens (tertiary/aromatic N) is 1. The van der Waals surface area contributed by atoms with Gasteiger partial charge in [0.15, 0.2) is 0 Å². The summed E-state index contributed by atoms with van der Waals surface area (Å²) in [6.45, 7) is 2.60. The highest BCUT2D eigenvalue weighted by Gasteiger charge is 2.22. The Morgan fingerprint density at radius 1 is 1.16 bits per heavy atom. The van der Waals surface area contributed by atoms with Crippen molar-refractivity contribution in [3.05, 3.63) is 53.6 Å². The number of methoxy groups -OCH3 is 1. The van der Waals surface area contributed by atoms with Crippen molar-refractivity contribution in [3.63, 3.8) is 0 Å². The Morgan fingerprint density at radius 3 is 2.68 bits per heavy atom. The molecule has 0 unspecified atom stereocenters. The van der Waals surface area contributed by atoms with Crippen molar-refractivity contribution in [3.8, 4) is 5.75 Å².